The Morgan fingerprint density at radius 2 is 2.00 bits per heavy atom. The first kappa shape index (κ1) is 15.4. The van der Waals surface area contributed by atoms with Crippen LogP contribution in [0.25, 0.3) is 0 Å². The molecule has 114 valence electrons. The summed E-state index contributed by atoms with van der Waals surface area (Å²) in [4.78, 5) is 24.6. The topological polar surface area (TPSA) is 66.8 Å². The van der Waals surface area contributed by atoms with Gasteiger partial charge >= 0.3 is 12.1 Å². The summed E-state index contributed by atoms with van der Waals surface area (Å²) in [5.41, 5.74) is 0.732. The van der Waals surface area contributed by atoms with Gasteiger partial charge in [-0.3, -0.25) is 4.79 Å². The summed E-state index contributed by atoms with van der Waals surface area (Å²) in [6.45, 7) is 5.18. The lowest BCUT2D eigenvalue weighted by atomic mass is 9.80. The Morgan fingerprint density at radius 1 is 1.33 bits per heavy atom. The van der Waals surface area contributed by atoms with E-state index in [-0.39, 0.29) is 30.5 Å². The lowest BCUT2D eigenvalue weighted by molar-refractivity contribution is -0.138. The molecule has 1 amide bonds. The van der Waals surface area contributed by atoms with Crippen molar-refractivity contribution in [1.29, 1.82) is 0 Å². The van der Waals surface area contributed by atoms with Gasteiger partial charge in [-0.05, 0) is 16.9 Å². The molecule has 1 aromatic rings. The van der Waals surface area contributed by atoms with Gasteiger partial charge in [-0.15, -0.1) is 0 Å². The van der Waals surface area contributed by atoms with Crippen molar-refractivity contribution in [3.8, 4) is 0 Å². The largest absolute Gasteiger partial charge is 0.481 e. The van der Waals surface area contributed by atoms with Gasteiger partial charge in [-0.2, -0.15) is 0 Å². The number of amides is 1. The van der Waals surface area contributed by atoms with Crippen LogP contribution in [-0.4, -0.2) is 35.2 Å². The minimum Gasteiger partial charge on any atom is -0.481 e. The number of rotatable bonds is 4. The molecule has 2 rings (SSSR count). The Morgan fingerprint density at radius 3 is 2.62 bits per heavy atom. The molecule has 0 aromatic heterocycles. The summed E-state index contributed by atoms with van der Waals surface area (Å²) in [6, 6.07) is 9.49. The fourth-order valence-corrected chi connectivity index (χ4v) is 2.70. The van der Waals surface area contributed by atoms with E-state index in [2.05, 4.69) is 0 Å². The number of nitrogens with zero attached hydrogens (tertiary/aromatic N) is 1. The molecule has 0 saturated carbocycles. The average molecular weight is 291 g/mol. The van der Waals surface area contributed by atoms with Crippen molar-refractivity contribution in [2.75, 3.05) is 13.1 Å². The predicted octanol–water partition coefficient (Wildman–Crippen LogP) is 2.76. The number of benzene rings is 1. The molecule has 21 heavy (non-hydrogen) atoms. The van der Waals surface area contributed by atoms with Crippen LogP contribution < -0.4 is 0 Å². The molecule has 1 unspecified atom stereocenters. The number of likely N-dealkylation sites (tertiary alicyclic amines) is 1. The first-order valence-electron chi connectivity index (χ1n) is 7.06. The van der Waals surface area contributed by atoms with Gasteiger partial charge in [-0.25, -0.2) is 4.79 Å². The second-order valence-electron chi connectivity index (χ2n) is 6.20. The number of carboxylic acid groups (broad SMARTS) is 1. The molecule has 0 aliphatic carbocycles. The Balaban J connectivity index is 1.90. The third kappa shape index (κ3) is 3.97. The quantitative estimate of drug-likeness (QED) is 0.926. The molecule has 1 aromatic carbocycles. The predicted molar refractivity (Wildman–Crippen MR) is 77.7 cm³/mol. The van der Waals surface area contributed by atoms with E-state index in [9.17, 15) is 9.59 Å². The van der Waals surface area contributed by atoms with E-state index in [4.69, 9.17) is 9.84 Å². The fraction of sp³-hybridized carbons (Fsp3) is 0.500. The summed E-state index contributed by atoms with van der Waals surface area (Å²) >= 11 is 0. The van der Waals surface area contributed by atoms with Gasteiger partial charge in [0.1, 0.15) is 6.61 Å². The maximum Gasteiger partial charge on any atom is 0.410 e. The van der Waals surface area contributed by atoms with E-state index < -0.39 is 5.97 Å². The molecule has 1 aliphatic rings. The molecule has 5 heteroatoms. The van der Waals surface area contributed by atoms with Crippen LogP contribution in [0.5, 0.6) is 0 Å². The maximum absolute atomic E-state index is 12.1. The second-order valence-corrected chi connectivity index (χ2v) is 6.20. The van der Waals surface area contributed by atoms with Crippen molar-refractivity contribution in [3.63, 3.8) is 0 Å². The highest BCUT2D eigenvalue weighted by Gasteiger charge is 2.42. The molecule has 0 spiro atoms. The highest BCUT2D eigenvalue weighted by molar-refractivity contribution is 5.70. The number of hydrogen-bond donors (Lipinski definition) is 1. The van der Waals surface area contributed by atoms with E-state index in [0.717, 1.165) is 5.56 Å². The first-order valence-corrected chi connectivity index (χ1v) is 7.06. The number of carboxylic acids is 1. The molecule has 0 radical (unpaired) electrons. The van der Waals surface area contributed by atoms with Crippen LogP contribution in [0.1, 0.15) is 25.8 Å². The van der Waals surface area contributed by atoms with Gasteiger partial charge in [0.2, 0.25) is 0 Å². The van der Waals surface area contributed by atoms with Crippen LogP contribution in [0.3, 0.4) is 0 Å². The van der Waals surface area contributed by atoms with Gasteiger partial charge in [0, 0.05) is 13.1 Å². The summed E-state index contributed by atoms with van der Waals surface area (Å²) < 4.78 is 5.30. The van der Waals surface area contributed by atoms with E-state index in [1.54, 1.807) is 4.90 Å². The molecule has 1 aliphatic heterocycles. The maximum atomic E-state index is 12.1. The standard InChI is InChI=1S/C16H21NO4/c1-16(2)11-17(9-13(16)8-14(18)19)15(20)21-10-12-6-4-3-5-7-12/h3-7,13H,8-11H2,1-2H3,(H,18,19). The van der Waals surface area contributed by atoms with Gasteiger partial charge < -0.3 is 14.7 Å². The molecule has 1 atom stereocenters. The van der Waals surface area contributed by atoms with Crippen LogP contribution >= 0.6 is 0 Å². The van der Waals surface area contributed by atoms with E-state index in [1.807, 2.05) is 44.2 Å². The number of carbonyl (C=O) groups excluding carboxylic acids is 1. The Bertz CT molecular complexity index is 512. The van der Waals surface area contributed by atoms with Gasteiger partial charge in [-0.1, -0.05) is 44.2 Å². The lowest BCUT2D eigenvalue weighted by Crippen LogP contribution is -2.30. The van der Waals surface area contributed by atoms with Crippen LogP contribution in [0.4, 0.5) is 4.79 Å². The molecule has 0 bridgehead atoms. The van der Waals surface area contributed by atoms with Gasteiger partial charge in [0.25, 0.3) is 0 Å². The first-order chi connectivity index (χ1) is 9.88. The molecular formula is C16H21NO4. The third-order valence-electron chi connectivity index (χ3n) is 4.03. The zero-order valence-corrected chi connectivity index (χ0v) is 12.4. The smallest absolute Gasteiger partial charge is 0.410 e. The lowest BCUT2D eigenvalue weighted by Gasteiger charge is -2.23. The molecular weight excluding hydrogens is 270 g/mol. The highest BCUT2D eigenvalue weighted by atomic mass is 16.6. The Labute approximate surface area is 124 Å². The number of carbonyl (C=O) groups is 2. The van der Waals surface area contributed by atoms with E-state index in [1.165, 1.54) is 0 Å². The van der Waals surface area contributed by atoms with Crippen LogP contribution in [0, 0.1) is 11.3 Å². The minimum absolute atomic E-state index is 0.0423. The van der Waals surface area contributed by atoms with Crippen molar-refractivity contribution in [2.24, 2.45) is 11.3 Å². The molecule has 1 saturated heterocycles. The van der Waals surface area contributed by atoms with E-state index in [0.29, 0.717) is 13.1 Å². The SMILES string of the molecule is CC1(C)CN(C(=O)OCc2ccccc2)CC1CC(=O)O. The summed E-state index contributed by atoms with van der Waals surface area (Å²) in [5, 5.41) is 8.95. The summed E-state index contributed by atoms with van der Waals surface area (Å²) in [7, 11) is 0. The van der Waals surface area contributed by atoms with Gasteiger partial charge in [0.15, 0.2) is 0 Å². The minimum atomic E-state index is -0.826. The number of hydrogen-bond acceptors (Lipinski definition) is 3. The van der Waals surface area contributed by atoms with Crippen molar-refractivity contribution in [2.45, 2.75) is 26.9 Å². The van der Waals surface area contributed by atoms with Crippen LogP contribution in [0.2, 0.25) is 0 Å². The number of aliphatic carboxylic acids is 1. The zero-order chi connectivity index (χ0) is 15.5. The normalized spacial score (nSPS) is 20.3. The molecule has 1 N–H and O–H groups in total. The second kappa shape index (κ2) is 6.16. The highest BCUT2D eigenvalue weighted by Crippen LogP contribution is 2.37. The Hall–Kier alpha value is -2.04. The molecule has 1 heterocycles. The Kier molecular flexibility index (Phi) is 4.50. The summed E-state index contributed by atoms with van der Waals surface area (Å²) in [6.07, 6.45) is -0.296. The van der Waals surface area contributed by atoms with Crippen molar-refractivity contribution < 1.29 is 19.4 Å². The number of ether oxygens (including phenoxy) is 1. The summed E-state index contributed by atoms with van der Waals surface area (Å²) in [5.74, 6) is -0.869. The van der Waals surface area contributed by atoms with E-state index >= 15 is 0 Å². The monoisotopic (exact) mass is 291 g/mol. The zero-order valence-electron chi connectivity index (χ0n) is 12.4. The van der Waals surface area contributed by atoms with Crippen LogP contribution in [-0.2, 0) is 16.1 Å². The van der Waals surface area contributed by atoms with Gasteiger partial charge in [0.05, 0.1) is 6.42 Å². The average Bonchev–Trinajstić information content (AvgIpc) is 2.72. The van der Waals surface area contributed by atoms with Crippen molar-refractivity contribution in [3.05, 3.63) is 35.9 Å². The third-order valence-corrected chi connectivity index (χ3v) is 4.03. The fourth-order valence-electron chi connectivity index (χ4n) is 2.70. The molecule has 1 fully saturated rings. The van der Waals surface area contributed by atoms with Crippen molar-refractivity contribution >= 4 is 12.1 Å². The van der Waals surface area contributed by atoms with Crippen molar-refractivity contribution in [1.82, 2.24) is 4.90 Å². The van der Waals surface area contributed by atoms with Crippen LogP contribution in [0.15, 0.2) is 30.3 Å². The molecule has 5 nitrogen and oxygen atoms in total.